The van der Waals surface area contributed by atoms with E-state index in [0.717, 1.165) is 32.6 Å². The summed E-state index contributed by atoms with van der Waals surface area (Å²) >= 11 is 0. The fourth-order valence-electron chi connectivity index (χ4n) is 2.82. The zero-order valence-corrected chi connectivity index (χ0v) is 11.8. The molecule has 1 fully saturated rings. The van der Waals surface area contributed by atoms with E-state index in [1.807, 2.05) is 0 Å². The van der Waals surface area contributed by atoms with Crippen molar-refractivity contribution in [3.05, 3.63) is 0 Å². The van der Waals surface area contributed by atoms with Crippen LogP contribution < -0.4 is 5.32 Å². The van der Waals surface area contributed by atoms with Gasteiger partial charge >= 0.3 is 0 Å². The van der Waals surface area contributed by atoms with Gasteiger partial charge in [0.25, 0.3) is 0 Å². The molecule has 0 saturated carbocycles. The number of aliphatic hydroxyl groups excluding tert-OH is 1. The summed E-state index contributed by atoms with van der Waals surface area (Å²) in [5.41, 5.74) is 0.524. The van der Waals surface area contributed by atoms with Crippen molar-refractivity contribution in [2.75, 3.05) is 32.7 Å². The lowest BCUT2D eigenvalue weighted by Gasteiger charge is -2.27. The minimum atomic E-state index is -0.217. The summed E-state index contributed by atoms with van der Waals surface area (Å²) in [7, 11) is 0. The van der Waals surface area contributed by atoms with Crippen LogP contribution in [0, 0.1) is 5.41 Å². The molecule has 1 unspecified atom stereocenters. The predicted molar refractivity (Wildman–Crippen MR) is 73.2 cm³/mol. The first kappa shape index (κ1) is 14.9. The maximum absolute atomic E-state index is 9.95. The fraction of sp³-hybridized carbons (Fsp3) is 1.00. The van der Waals surface area contributed by atoms with Crippen molar-refractivity contribution in [3.8, 4) is 0 Å². The van der Waals surface area contributed by atoms with Crippen LogP contribution in [0.1, 0.15) is 46.5 Å². The van der Waals surface area contributed by atoms with Crippen molar-refractivity contribution in [1.29, 1.82) is 0 Å². The van der Waals surface area contributed by atoms with Gasteiger partial charge in [-0.25, -0.2) is 0 Å². The molecule has 1 atom stereocenters. The molecule has 1 heterocycles. The molecular formula is C14H30N2O. The molecule has 1 saturated heterocycles. The van der Waals surface area contributed by atoms with Crippen LogP contribution in [0.15, 0.2) is 0 Å². The Labute approximate surface area is 107 Å². The third-order valence-electron chi connectivity index (χ3n) is 4.29. The number of β-amino-alcohol motifs (C(OH)–C–C–N with tert-alkyl or cyclic N) is 1. The number of rotatable bonds is 8. The summed E-state index contributed by atoms with van der Waals surface area (Å²) in [5.74, 6) is 0. The van der Waals surface area contributed by atoms with Gasteiger partial charge < -0.3 is 15.3 Å². The monoisotopic (exact) mass is 242 g/mol. The lowest BCUT2D eigenvalue weighted by molar-refractivity contribution is 0.115. The van der Waals surface area contributed by atoms with Gasteiger partial charge in [-0.05, 0) is 44.2 Å². The van der Waals surface area contributed by atoms with Gasteiger partial charge in [0, 0.05) is 19.6 Å². The Morgan fingerprint density at radius 3 is 2.53 bits per heavy atom. The van der Waals surface area contributed by atoms with E-state index >= 15 is 0 Å². The Hall–Kier alpha value is -0.120. The van der Waals surface area contributed by atoms with Crippen LogP contribution in [-0.4, -0.2) is 48.8 Å². The molecule has 1 aliphatic rings. The normalized spacial score (nSPS) is 21.9. The zero-order valence-electron chi connectivity index (χ0n) is 11.8. The van der Waals surface area contributed by atoms with Crippen LogP contribution in [-0.2, 0) is 0 Å². The number of aliphatic hydroxyl groups is 1. The molecule has 0 aromatic rings. The van der Waals surface area contributed by atoms with Gasteiger partial charge in [-0.2, -0.15) is 0 Å². The quantitative estimate of drug-likeness (QED) is 0.638. The molecule has 2 N–H and O–H groups in total. The molecule has 3 heteroatoms. The Morgan fingerprint density at radius 2 is 2.00 bits per heavy atom. The maximum atomic E-state index is 9.95. The van der Waals surface area contributed by atoms with Gasteiger partial charge in [0.1, 0.15) is 0 Å². The van der Waals surface area contributed by atoms with E-state index in [0.29, 0.717) is 5.41 Å². The lowest BCUT2D eigenvalue weighted by Crippen LogP contribution is -2.38. The second-order valence-corrected chi connectivity index (χ2v) is 5.55. The molecular weight excluding hydrogens is 212 g/mol. The molecule has 0 amide bonds. The van der Waals surface area contributed by atoms with Crippen molar-refractivity contribution in [1.82, 2.24) is 10.2 Å². The summed E-state index contributed by atoms with van der Waals surface area (Å²) in [6, 6.07) is 0. The highest BCUT2D eigenvalue weighted by Crippen LogP contribution is 2.36. The average Bonchev–Trinajstić information content (AvgIpc) is 2.73. The first-order valence-corrected chi connectivity index (χ1v) is 7.27. The van der Waals surface area contributed by atoms with Crippen LogP contribution in [0.3, 0.4) is 0 Å². The molecule has 0 aromatic carbocycles. The minimum Gasteiger partial charge on any atom is -0.390 e. The number of hydrogen-bond acceptors (Lipinski definition) is 3. The Balaban J connectivity index is 2.24. The number of nitrogens with zero attached hydrogens (tertiary/aromatic N) is 1. The van der Waals surface area contributed by atoms with E-state index < -0.39 is 0 Å². The first-order valence-electron chi connectivity index (χ1n) is 7.27. The van der Waals surface area contributed by atoms with Gasteiger partial charge in [0.05, 0.1) is 6.10 Å². The zero-order chi connectivity index (χ0) is 12.7. The topological polar surface area (TPSA) is 35.5 Å². The van der Waals surface area contributed by atoms with Crippen molar-refractivity contribution in [3.63, 3.8) is 0 Å². The molecule has 0 spiro atoms. The van der Waals surface area contributed by atoms with Gasteiger partial charge in [-0.15, -0.1) is 0 Å². The standard InChI is InChI=1S/C14H30N2O/c1-4-8-15-10-13(17)11-16-9-7-14(5-2,6-3)12-16/h13,15,17H,4-12H2,1-3H3. The largest absolute Gasteiger partial charge is 0.390 e. The fourth-order valence-corrected chi connectivity index (χ4v) is 2.82. The third-order valence-corrected chi connectivity index (χ3v) is 4.29. The molecule has 0 radical (unpaired) electrons. The second-order valence-electron chi connectivity index (χ2n) is 5.55. The molecule has 0 aromatic heterocycles. The highest BCUT2D eigenvalue weighted by molar-refractivity contribution is 4.88. The summed E-state index contributed by atoms with van der Waals surface area (Å²) in [5, 5.41) is 13.2. The highest BCUT2D eigenvalue weighted by Gasteiger charge is 2.35. The van der Waals surface area contributed by atoms with E-state index in [4.69, 9.17) is 0 Å². The number of nitrogens with one attached hydrogen (secondary N) is 1. The predicted octanol–water partition coefficient (Wildman–Crippen LogP) is 1.86. The van der Waals surface area contributed by atoms with Crippen LogP contribution in [0.25, 0.3) is 0 Å². The molecule has 1 aliphatic heterocycles. The summed E-state index contributed by atoms with van der Waals surface area (Å²) in [6.07, 6.45) is 4.75. The number of likely N-dealkylation sites (tertiary alicyclic amines) is 1. The van der Waals surface area contributed by atoms with Crippen LogP contribution in [0.2, 0.25) is 0 Å². The van der Waals surface area contributed by atoms with Gasteiger partial charge in [0.2, 0.25) is 0 Å². The van der Waals surface area contributed by atoms with E-state index in [1.165, 1.54) is 25.8 Å². The SMILES string of the molecule is CCCNCC(O)CN1CCC(CC)(CC)C1. The van der Waals surface area contributed by atoms with Crippen molar-refractivity contribution < 1.29 is 5.11 Å². The summed E-state index contributed by atoms with van der Waals surface area (Å²) < 4.78 is 0. The molecule has 17 heavy (non-hydrogen) atoms. The van der Waals surface area contributed by atoms with Gasteiger partial charge in [0.15, 0.2) is 0 Å². The molecule has 0 aliphatic carbocycles. The van der Waals surface area contributed by atoms with Gasteiger partial charge in [-0.1, -0.05) is 20.8 Å². The molecule has 0 bridgehead atoms. The lowest BCUT2D eigenvalue weighted by atomic mass is 9.82. The maximum Gasteiger partial charge on any atom is 0.0791 e. The van der Waals surface area contributed by atoms with E-state index in [2.05, 4.69) is 31.0 Å². The number of hydrogen-bond donors (Lipinski definition) is 2. The highest BCUT2D eigenvalue weighted by atomic mass is 16.3. The Kier molecular flexibility index (Phi) is 6.45. The van der Waals surface area contributed by atoms with E-state index in [1.54, 1.807) is 0 Å². The Bertz CT molecular complexity index is 204. The van der Waals surface area contributed by atoms with Crippen molar-refractivity contribution in [2.24, 2.45) is 5.41 Å². The van der Waals surface area contributed by atoms with Crippen LogP contribution in [0.4, 0.5) is 0 Å². The average molecular weight is 242 g/mol. The van der Waals surface area contributed by atoms with Gasteiger partial charge in [-0.3, -0.25) is 0 Å². The van der Waals surface area contributed by atoms with E-state index in [-0.39, 0.29) is 6.10 Å². The third kappa shape index (κ3) is 4.57. The van der Waals surface area contributed by atoms with Crippen molar-refractivity contribution in [2.45, 2.75) is 52.6 Å². The second kappa shape index (κ2) is 7.34. The summed E-state index contributed by atoms with van der Waals surface area (Å²) in [6.45, 7) is 11.6. The minimum absolute atomic E-state index is 0.217. The smallest absolute Gasteiger partial charge is 0.0791 e. The Morgan fingerprint density at radius 1 is 1.29 bits per heavy atom. The molecule has 102 valence electrons. The van der Waals surface area contributed by atoms with Crippen LogP contribution >= 0.6 is 0 Å². The van der Waals surface area contributed by atoms with E-state index in [9.17, 15) is 5.11 Å². The molecule has 1 rings (SSSR count). The van der Waals surface area contributed by atoms with Crippen molar-refractivity contribution >= 4 is 0 Å². The summed E-state index contributed by atoms with van der Waals surface area (Å²) in [4.78, 5) is 2.44. The molecule has 3 nitrogen and oxygen atoms in total. The first-order chi connectivity index (χ1) is 8.15. The van der Waals surface area contributed by atoms with Crippen LogP contribution in [0.5, 0.6) is 0 Å².